The molecule has 0 unspecified atom stereocenters. The van der Waals surface area contributed by atoms with Gasteiger partial charge in [0.25, 0.3) is 0 Å². The lowest BCUT2D eigenvalue weighted by Crippen LogP contribution is -1.99. The topological polar surface area (TPSA) is 20.2 Å². The van der Waals surface area contributed by atoms with Crippen LogP contribution in [0.15, 0.2) is 24.3 Å². The molecule has 2 rings (SSSR count). The Bertz CT molecular complexity index is 652. The molecule has 0 saturated heterocycles. The van der Waals surface area contributed by atoms with Crippen LogP contribution in [0, 0.1) is 41.5 Å². The largest absolute Gasteiger partial charge is 0.507 e. The predicted molar refractivity (Wildman–Crippen MR) is 96.4 cm³/mol. The summed E-state index contributed by atoms with van der Waals surface area (Å²) in [4.78, 5) is 0. The molecule has 0 aliphatic rings. The maximum absolute atomic E-state index is 10.9. The molecule has 0 aliphatic carbocycles. The lowest BCUT2D eigenvalue weighted by Gasteiger charge is -2.17. The van der Waals surface area contributed by atoms with E-state index >= 15 is 0 Å². The van der Waals surface area contributed by atoms with E-state index in [1.807, 2.05) is 6.92 Å². The van der Waals surface area contributed by atoms with Crippen LogP contribution in [0.25, 0.3) is 11.3 Å². The Balaban J connectivity index is 2.70. The second-order valence-electron chi connectivity index (χ2n) is 6.52. The van der Waals surface area contributed by atoms with Gasteiger partial charge in [-0.05, 0) is 81.9 Å². The molecule has 22 heavy (non-hydrogen) atoms. The molecule has 0 amide bonds. The van der Waals surface area contributed by atoms with Crippen LogP contribution in [0.1, 0.15) is 51.4 Å². The van der Waals surface area contributed by atoms with Gasteiger partial charge >= 0.3 is 0 Å². The van der Waals surface area contributed by atoms with E-state index in [1.165, 1.54) is 22.3 Å². The molecule has 0 aliphatic heterocycles. The minimum atomic E-state index is 0.394. The Morgan fingerprint density at radius 2 is 0.955 bits per heavy atom. The Hall–Kier alpha value is -2.02. The molecule has 116 valence electrons. The van der Waals surface area contributed by atoms with Gasteiger partial charge in [0, 0.05) is 5.56 Å². The van der Waals surface area contributed by atoms with E-state index in [-0.39, 0.29) is 0 Å². The first kappa shape index (κ1) is 16.4. The van der Waals surface area contributed by atoms with Gasteiger partial charge in [-0.1, -0.05) is 35.4 Å². The highest BCUT2D eigenvalue weighted by Gasteiger charge is 2.15. The highest BCUT2D eigenvalue weighted by molar-refractivity contribution is 5.89. The highest BCUT2D eigenvalue weighted by Crippen LogP contribution is 2.32. The van der Waals surface area contributed by atoms with Crippen LogP contribution in [0.5, 0.6) is 0 Å². The lowest BCUT2D eigenvalue weighted by molar-refractivity contribution is 0.512. The van der Waals surface area contributed by atoms with Crippen molar-refractivity contribution in [2.45, 2.75) is 48.5 Å². The molecular formula is C21H26O. The van der Waals surface area contributed by atoms with Crippen LogP contribution < -0.4 is 0 Å². The summed E-state index contributed by atoms with van der Waals surface area (Å²) in [7, 11) is 0. The van der Waals surface area contributed by atoms with Crippen LogP contribution in [0.4, 0.5) is 0 Å². The van der Waals surface area contributed by atoms with Gasteiger partial charge in [-0.15, -0.1) is 0 Å². The van der Waals surface area contributed by atoms with Crippen molar-refractivity contribution in [3.8, 4) is 0 Å². The van der Waals surface area contributed by atoms with Gasteiger partial charge in [0.05, 0.1) is 0 Å². The van der Waals surface area contributed by atoms with E-state index in [1.54, 1.807) is 0 Å². The van der Waals surface area contributed by atoms with Crippen molar-refractivity contribution in [3.63, 3.8) is 0 Å². The van der Waals surface area contributed by atoms with Crippen molar-refractivity contribution in [2.75, 3.05) is 0 Å². The van der Waals surface area contributed by atoms with Gasteiger partial charge in [0.1, 0.15) is 5.76 Å². The summed E-state index contributed by atoms with van der Waals surface area (Å²) in [6, 6.07) is 8.60. The first-order valence-corrected chi connectivity index (χ1v) is 7.78. The van der Waals surface area contributed by atoms with Gasteiger partial charge in [-0.25, -0.2) is 0 Å². The molecular weight excluding hydrogens is 268 g/mol. The SMILES string of the molecule is C/C(=C(/O)c1c(C)cc(C)cc1C)c1c(C)cc(C)cc1C. The van der Waals surface area contributed by atoms with Gasteiger partial charge in [0.15, 0.2) is 0 Å². The van der Waals surface area contributed by atoms with E-state index < -0.39 is 0 Å². The molecule has 0 radical (unpaired) electrons. The van der Waals surface area contributed by atoms with E-state index in [0.717, 1.165) is 27.8 Å². The zero-order valence-corrected chi connectivity index (χ0v) is 14.8. The second-order valence-corrected chi connectivity index (χ2v) is 6.52. The van der Waals surface area contributed by atoms with Crippen LogP contribution in [-0.2, 0) is 0 Å². The Labute approximate surface area is 134 Å². The normalized spacial score (nSPS) is 12.3. The van der Waals surface area contributed by atoms with Crippen molar-refractivity contribution in [1.29, 1.82) is 0 Å². The zero-order chi connectivity index (χ0) is 16.6. The number of aliphatic hydroxyl groups excluding tert-OH is 1. The number of aliphatic hydroxyl groups is 1. The molecule has 0 heterocycles. The van der Waals surface area contributed by atoms with E-state index in [2.05, 4.69) is 65.8 Å². The fraction of sp³-hybridized carbons (Fsp3) is 0.333. The molecule has 1 heteroatoms. The fourth-order valence-corrected chi connectivity index (χ4v) is 3.63. The third-order valence-corrected chi connectivity index (χ3v) is 4.32. The lowest BCUT2D eigenvalue weighted by atomic mass is 9.90. The number of allylic oxidation sites excluding steroid dienone is 1. The highest BCUT2D eigenvalue weighted by atomic mass is 16.3. The third kappa shape index (κ3) is 2.94. The van der Waals surface area contributed by atoms with Gasteiger partial charge < -0.3 is 5.11 Å². The van der Waals surface area contributed by atoms with Gasteiger partial charge in [-0.3, -0.25) is 0 Å². The predicted octanol–water partition coefficient (Wildman–Crippen LogP) is 5.98. The molecule has 2 aromatic rings. The maximum atomic E-state index is 10.9. The summed E-state index contributed by atoms with van der Waals surface area (Å²) in [6.07, 6.45) is 0. The van der Waals surface area contributed by atoms with Crippen LogP contribution in [0.3, 0.4) is 0 Å². The minimum absolute atomic E-state index is 0.394. The van der Waals surface area contributed by atoms with Gasteiger partial charge in [0.2, 0.25) is 0 Å². The Morgan fingerprint density at radius 3 is 1.32 bits per heavy atom. The summed E-state index contributed by atoms with van der Waals surface area (Å²) in [5, 5.41) is 10.9. The number of hydrogen-bond donors (Lipinski definition) is 1. The summed E-state index contributed by atoms with van der Waals surface area (Å²) in [5.41, 5.74) is 10.2. The standard InChI is InChI=1S/C21H26O/c1-12-8-14(3)19(15(4)9-12)18(7)21(22)20-16(5)10-13(2)11-17(20)6/h8-11,22H,1-7H3/b21-18-. The molecule has 2 aromatic carbocycles. The van der Waals surface area contributed by atoms with Crippen LogP contribution in [0.2, 0.25) is 0 Å². The summed E-state index contributed by atoms with van der Waals surface area (Å²) in [5.74, 6) is 0.394. The molecule has 0 fully saturated rings. The monoisotopic (exact) mass is 294 g/mol. The molecule has 0 atom stereocenters. The number of aryl methyl sites for hydroxylation is 6. The smallest absolute Gasteiger partial charge is 0.126 e. The van der Waals surface area contributed by atoms with Crippen molar-refractivity contribution in [1.82, 2.24) is 0 Å². The molecule has 0 saturated carbocycles. The van der Waals surface area contributed by atoms with Crippen molar-refractivity contribution in [3.05, 3.63) is 68.8 Å². The molecule has 0 bridgehead atoms. The van der Waals surface area contributed by atoms with Crippen LogP contribution >= 0.6 is 0 Å². The van der Waals surface area contributed by atoms with Crippen molar-refractivity contribution < 1.29 is 5.11 Å². The first-order chi connectivity index (χ1) is 10.2. The molecule has 0 spiro atoms. The van der Waals surface area contributed by atoms with Gasteiger partial charge in [-0.2, -0.15) is 0 Å². The van der Waals surface area contributed by atoms with E-state index in [9.17, 15) is 5.11 Å². The number of benzene rings is 2. The summed E-state index contributed by atoms with van der Waals surface area (Å²) >= 11 is 0. The summed E-state index contributed by atoms with van der Waals surface area (Å²) < 4.78 is 0. The maximum Gasteiger partial charge on any atom is 0.126 e. The van der Waals surface area contributed by atoms with Crippen molar-refractivity contribution in [2.24, 2.45) is 0 Å². The minimum Gasteiger partial charge on any atom is -0.507 e. The average molecular weight is 294 g/mol. The third-order valence-electron chi connectivity index (χ3n) is 4.32. The second kappa shape index (κ2) is 6.00. The zero-order valence-electron chi connectivity index (χ0n) is 14.8. The van der Waals surface area contributed by atoms with E-state index in [0.29, 0.717) is 5.76 Å². The quantitative estimate of drug-likeness (QED) is 0.533. The molecule has 0 aromatic heterocycles. The van der Waals surface area contributed by atoms with Crippen LogP contribution in [-0.4, -0.2) is 5.11 Å². The number of rotatable bonds is 2. The van der Waals surface area contributed by atoms with E-state index in [4.69, 9.17) is 0 Å². The first-order valence-electron chi connectivity index (χ1n) is 7.78. The van der Waals surface area contributed by atoms with Crippen molar-refractivity contribution >= 4 is 11.3 Å². The Morgan fingerprint density at radius 1 is 0.636 bits per heavy atom. The fourth-order valence-electron chi connectivity index (χ4n) is 3.63. The average Bonchev–Trinajstić information content (AvgIpc) is 2.35. The summed E-state index contributed by atoms with van der Waals surface area (Å²) in [6.45, 7) is 14.6. The number of hydrogen-bond acceptors (Lipinski definition) is 1. The Kier molecular flexibility index (Phi) is 4.46. The molecule has 1 nitrogen and oxygen atoms in total. The molecule has 1 N–H and O–H groups in total.